The summed E-state index contributed by atoms with van der Waals surface area (Å²) < 4.78 is 2.32. The number of anilines is 2. The van der Waals surface area contributed by atoms with Crippen LogP contribution in [-0.4, -0.2) is 16.5 Å². The highest BCUT2D eigenvalue weighted by molar-refractivity contribution is 6.09. The summed E-state index contributed by atoms with van der Waals surface area (Å²) in [5.41, 5.74) is 5.30. The Kier molecular flexibility index (Phi) is 4.78. The third kappa shape index (κ3) is 3.22. The summed E-state index contributed by atoms with van der Waals surface area (Å²) in [6.07, 6.45) is 0. The molecular formula is C24H25N3O. The Morgan fingerprint density at radius 2 is 1.68 bits per heavy atom. The molecular weight excluding hydrogens is 346 g/mol. The van der Waals surface area contributed by atoms with E-state index in [1.165, 1.54) is 21.8 Å². The number of aryl methyl sites for hydroxylation is 2. The molecule has 3 aromatic carbocycles. The highest BCUT2D eigenvalue weighted by Gasteiger charge is 2.15. The van der Waals surface area contributed by atoms with Crippen molar-refractivity contribution in [1.82, 2.24) is 4.57 Å². The van der Waals surface area contributed by atoms with E-state index in [1.807, 2.05) is 44.2 Å². The summed E-state index contributed by atoms with van der Waals surface area (Å²) in [5.74, 6) is -0.0506. The zero-order valence-electron chi connectivity index (χ0n) is 16.5. The molecule has 2 N–H and O–H groups in total. The van der Waals surface area contributed by atoms with Crippen molar-refractivity contribution < 1.29 is 4.79 Å². The summed E-state index contributed by atoms with van der Waals surface area (Å²) in [7, 11) is 0. The molecule has 0 unspecified atom stereocenters. The minimum absolute atomic E-state index is 0.0506. The number of carbonyl (C=O) groups excluding carboxylic acids is 1. The van der Waals surface area contributed by atoms with Crippen LogP contribution in [0.4, 0.5) is 11.4 Å². The molecule has 0 saturated heterocycles. The molecule has 1 amide bonds. The van der Waals surface area contributed by atoms with Gasteiger partial charge in [-0.05, 0) is 56.7 Å². The maximum atomic E-state index is 12.6. The molecule has 4 rings (SSSR count). The average Bonchev–Trinajstić information content (AvgIpc) is 3.02. The van der Waals surface area contributed by atoms with Crippen molar-refractivity contribution in [1.29, 1.82) is 0 Å². The van der Waals surface area contributed by atoms with Gasteiger partial charge in [0.15, 0.2) is 0 Å². The van der Waals surface area contributed by atoms with Crippen molar-refractivity contribution in [2.75, 3.05) is 10.6 Å². The van der Waals surface area contributed by atoms with Crippen molar-refractivity contribution in [2.24, 2.45) is 0 Å². The number of aromatic nitrogens is 1. The number of benzene rings is 3. The lowest BCUT2D eigenvalue weighted by Gasteiger charge is -2.16. The Hall–Kier alpha value is -3.27. The van der Waals surface area contributed by atoms with Crippen molar-refractivity contribution in [2.45, 2.75) is 33.4 Å². The van der Waals surface area contributed by atoms with Gasteiger partial charge in [0.1, 0.15) is 6.04 Å². The average molecular weight is 371 g/mol. The third-order valence-electron chi connectivity index (χ3n) is 5.27. The highest BCUT2D eigenvalue weighted by atomic mass is 16.2. The standard InChI is InChI=1S/C24H25N3O/c1-4-27-22-12-8-6-10-19(22)20-15-18(13-14-23(20)27)25-17(3)24(28)26-21-11-7-5-9-16(21)2/h5-15,17,25H,4H2,1-3H3,(H,26,28)/t17-/m0/s1. The van der Waals surface area contributed by atoms with Crippen LogP contribution in [0.15, 0.2) is 66.7 Å². The van der Waals surface area contributed by atoms with E-state index in [1.54, 1.807) is 0 Å². The van der Waals surface area contributed by atoms with E-state index in [4.69, 9.17) is 0 Å². The summed E-state index contributed by atoms with van der Waals surface area (Å²) >= 11 is 0. The van der Waals surface area contributed by atoms with Gasteiger partial charge in [0, 0.05) is 39.7 Å². The molecule has 4 nitrogen and oxygen atoms in total. The van der Waals surface area contributed by atoms with Gasteiger partial charge in [0.25, 0.3) is 0 Å². The minimum Gasteiger partial charge on any atom is -0.374 e. The van der Waals surface area contributed by atoms with E-state index >= 15 is 0 Å². The van der Waals surface area contributed by atoms with Crippen LogP contribution in [0, 0.1) is 6.92 Å². The summed E-state index contributed by atoms with van der Waals surface area (Å²) in [6, 6.07) is 22.2. The van der Waals surface area contributed by atoms with Gasteiger partial charge in [-0.25, -0.2) is 0 Å². The molecule has 28 heavy (non-hydrogen) atoms. The molecule has 0 fully saturated rings. The Morgan fingerprint density at radius 3 is 2.46 bits per heavy atom. The lowest BCUT2D eigenvalue weighted by atomic mass is 10.1. The fraction of sp³-hybridized carbons (Fsp3) is 0.208. The van der Waals surface area contributed by atoms with Gasteiger partial charge in [0.05, 0.1) is 0 Å². The van der Waals surface area contributed by atoms with E-state index in [0.29, 0.717) is 0 Å². The fourth-order valence-electron chi connectivity index (χ4n) is 3.75. The summed E-state index contributed by atoms with van der Waals surface area (Å²) in [5, 5.41) is 8.79. The van der Waals surface area contributed by atoms with Crippen LogP contribution >= 0.6 is 0 Å². The van der Waals surface area contributed by atoms with Gasteiger partial charge in [-0.15, -0.1) is 0 Å². The molecule has 142 valence electrons. The quantitative estimate of drug-likeness (QED) is 0.482. The summed E-state index contributed by atoms with van der Waals surface area (Å²) in [6.45, 7) is 6.96. The van der Waals surface area contributed by atoms with E-state index in [9.17, 15) is 4.79 Å². The third-order valence-corrected chi connectivity index (χ3v) is 5.27. The number of para-hydroxylation sites is 2. The predicted molar refractivity (Wildman–Crippen MR) is 118 cm³/mol. The first-order chi connectivity index (χ1) is 13.6. The number of fused-ring (bicyclic) bond motifs is 3. The lowest BCUT2D eigenvalue weighted by molar-refractivity contribution is -0.116. The number of nitrogens with one attached hydrogen (secondary N) is 2. The first-order valence-corrected chi connectivity index (χ1v) is 9.72. The molecule has 0 spiro atoms. The largest absolute Gasteiger partial charge is 0.374 e. The van der Waals surface area contributed by atoms with E-state index in [-0.39, 0.29) is 11.9 Å². The normalized spacial score (nSPS) is 12.2. The fourth-order valence-corrected chi connectivity index (χ4v) is 3.75. The topological polar surface area (TPSA) is 46.1 Å². The van der Waals surface area contributed by atoms with Gasteiger partial charge >= 0.3 is 0 Å². The maximum absolute atomic E-state index is 12.6. The van der Waals surface area contributed by atoms with Gasteiger partial charge in [-0.2, -0.15) is 0 Å². The SMILES string of the molecule is CCn1c2ccccc2c2cc(N[C@@H](C)C(=O)Nc3ccccc3C)ccc21. The van der Waals surface area contributed by atoms with Gasteiger partial charge in [-0.1, -0.05) is 36.4 Å². The molecule has 1 heterocycles. The molecule has 1 aromatic heterocycles. The number of hydrogen-bond acceptors (Lipinski definition) is 2. The number of nitrogens with zero attached hydrogens (tertiary/aromatic N) is 1. The van der Waals surface area contributed by atoms with Gasteiger partial charge < -0.3 is 15.2 Å². The number of hydrogen-bond donors (Lipinski definition) is 2. The maximum Gasteiger partial charge on any atom is 0.246 e. The second kappa shape index (κ2) is 7.39. The van der Waals surface area contributed by atoms with E-state index in [0.717, 1.165) is 23.5 Å². The highest BCUT2D eigenvalue weighted by Crippen LogP contribution is 2.31. The van der Waals surface area contributed by atoms with Crippen molar-refractivity contribution in [3.63, 3.8) is 0 Å². The predicted octanol–water partition coefficient (Wildman–Crippen LogP) is 5.56. The van der Waals surface area contributed by atoms with Crippen molar-refractivity contribution in [3.8, 4) is 0 Å². The van der Waals surface area contributed by atoms with Gasteiger partial charge in [0.2, 0.25) is 5.91 Å². The molecule has 0 aliphatic heterocycles. The zero-order chi connectivity index (χ0) is 19.7. The summed E-state index contributed by atoms with van der Waals surface area (Å²) in [4.78, 5) is 12.6. The van der Waals surface area contributed by atoms with Gasteiger partial charge in [-0.3, -0.25) is 4.79 Å². The Bertz CT molecular complexity index is 1160. The minimum atomic E-state index is -0.350. The van der Waals surface area contributed by atoms with Crippen molar-refractivity contribution in [3.05, 3.63) is 72.3 Å². The lowest BCUT2D eigenvalue weighted by Crippen LogP contribution is -2.32. The van der Waals surface area contributed by atoms with Crippen molar-refractivity contribution >= 4 is 39.1 Å². The van der Waals surface area contributed by atoms with E-state index in [2.05, 4.69) is 58.5 Å². The Morgan fingerprint density at radius 1 is 0.964 bits per heavy atom. The first kappa shape index (κ1) is 18.1. The first-order valence-electron chi connectivity index (χ1n) is 9.72. The number of carbonyl (C=O) groups is 1. The molecule has 4 aromatic rings. The Balaban J connectivity index is 1.60. The number of rotatable bonds is 5. The Labute approximate surface area is 165 Å². The van der Waals surface area contributed by atoms with Crippen LogP contribution in [0.3, 0.4) is 0 Å². The molecule has 0 aliphatic carbocycles. The van der Waals surface area contributed by atoms with Crippen LogP contribution in [0.1, 0.15) is 19.4 Å². The molecule has 1 atom stereocenters. The van der Waals surface area contributed by atoms with Crippen LogP contribution in [0.5, 0.6) is 0 Å². The second-order valence-electron chi connectivity index (χ2n) is 7.16. The molecule has 0 radical (unpaired) electrons. The van der Waals surface area contributed by atoms with Crippen LogP contribution in [0.25, 0.3) is 21.8 Å². The smallest absolute Gasteiger partial charge is 0.246 e. The molecule has 0 aliphatic rings. The van der Waals surface area contributed by atoms with Crippen LogP contribution in [-0.2, 0) is 11.3 Å². The molecule has 0 saturated carbocycles. The molecule has 0 bridgehead atoms. The van der Waals surface area contributed by atoms with Crippen LogP contribution < -0.4 is 10.6 Å². The second-order valence-corrected chi connectivity index (χ2v) is 7.16. The molecule has 4 heteroatoms. The van der Waals surface area contributed by atoms with E-state index < -0.39 is 0 Å². The number of amides is 1. The monoisotopic (exact) mass is 371 g/mol. The zero-order valence-corrected chi connectivity index (χ0v) is 16.5. The van der Waals surface area contributed by atoms with Crippen LogP contribution in [0.2, 0.25) is 0 Å².